The van der Waals surface area contributed by atoms with E-state index in [9.17, 15) is 18.5 Å². The fourth-order valence-electron chi connectivity index (χ4n) is 2.83. The molecule has 140 valence electrons. The van der Waals surface area contributed by atoms with E-state index in [0.29, 0.717) is 12.1 Å². The van der Waals surface area contributed by atoms with Gasteiger partial charge in [0.1, 0.15) is 0 Å². The summed E-state index contributed by atoms with van der Waals surface area (Å²) in [5, 5.41) is 15.4. The van der Waals surface area contributed by atoms with Gasteiger partial charge in [-0.15, -0.1) is 0 Å². The smallest absolute Gasteiger partial charge is 0.268 e. The van der Waals surface area contributed by atoms with Crippen LogP contribution >= 0.6 is 0 Å². The van der Waals surface area contributed by atoms with E-state index in [1.165, 1.54) is 25.1 Å². The normalized spacial score (nSPS) is 11.4. The number of sulfonamides is 1. The summed E-state index contributed by atoms with van der Waals surface area (Å²) in [6, 6.07) is 13.4. The number of hydrogen-bond acceptors (Lipinski definition) is 5. The summed E-state index contributed by atoms with van der Waals surface area (Å²) in [7, 11) is -4.06. The second kappa shape index (κ2) is 7.68. The highest BCUT2D eigenvalue weighted by atomic mass is 32.2. The molecule has 3 rings (SSSR count). The lowest BCUT2D eigenvalue weighted by Crippen LogP contribution is -2.25. The van der Waals surface area contributed by atoms with E-state index in [4.69, 9.17) is 0 Å². The van der Waals surface area contributed by atoms with Crippen LogP contribution in [0, 0.1) is 17.0 Å². The van der Waals surface area contributed by atoms with Gasteiger partial charge in [-0.25, -0.2) is 13.1 Å². The lowest BCUT2D eigenvalue weighted by atomic mass is 10.1. The highest BCUT2D eigenvalue weighted by molar-refractivity contribution is 7.89. The quantitative estimate of drug-likeness (QED) is 0.496. The third-order valence-corrected chi connectivity index (χ3v) is 5.71. The molecule has 1 heterocycles. The third kappa shape index (κ3) is 4.21. The van der Waals surface area contributed by atoms with Crippen LogP contribution in [0.2, 0.25) is 0 Å². The predicted molar refractivity (Wildman–Crippen MR) is 99.6 cm³/mol. The van der Waals surface area contributed by atoms with Crippen molar-refractivity contribution >= 4 is 15.7 Å². The maximum Gasteiger partial charge on any atom is 0.289 e. The van der Waals surface area contributed by atoms with Crippen LogP contribution in [0.25, 0.3) is 0 Å². The van der Waals surface area contributed by atoms with Crippen LogP contribution in [0.5, 0.6) is 0 Å². The first-order valence-corrected chi connectivity index (χ1v) is 9.64. The van der Waals surface area contributed by atoms with Crippen LogP contribution in [-0.2, 0) is 23.1 Å². The first-order chi connectivity index (χ1) is 12.9. The molecule has 0 amide bonds. The van der Waals surface area contributed by atoms with Crippen molar-refractivity contribution in [1.82, 2.24) is 14.5 Å². The van der Waals surface area contributed by atoms with E-state index in [1.54, 1.807) is 10.9 Å². The van der Waals surface area contributed by atoms with Crippen molar-refractivity contribution in [3.8, 4) is 0 Å². The van der Waals surface area contributed by atoms with Gasteiger partial charge in [0.15, 0.2) is 4.90 Å². The van der Waals surface area contributed by atoms with Gasteiger partial charge in [0.25, 0.3) is 5.69 Å². The SMILES string of the molecule is Cc1cccc([N+](=O)[O-])c1S(=O)(=O)NCc1ccccc1Cn1cccn1. The molecule has 0 spiro atoms. The van der Waals surface area contributed by atoms with E-state index >= 15 is 0 Å². The Balaban J connectivity index is 1.86. The van der Waals surface area contributed by atoms with Crippen molar-refractivity contribution in [2.45, 2.75) is 24.9 Å². The van der Waals surface area contributed by atoms with Gasteiger partial charge in [-0.05, 0) is 29.7 Å². The van der Waals surface area contributed by atoms with Crippen molar-refractivity contribution in [1.29, 1.82) is 0 Å². The zero-order chi connectivity index (χ0) is 19.4. The summed E-state index contributed by atoms with van der Waals surface area (Å²) in [5.41, 5.74) is 1.56. The molecule has 27 heavy (non-hydrogen) atoms. The number of nitrogens with zero attached hydrogens (tertiary/aromatic N) is 3. The highest BCUT2D eigenvalue weighted by Gasteiger charge is 2.27. The minimum Gasteiger partial charge on any atom is -0.268 e. The van der Waals surface area contributed by atoms with Gasteiger partial charge in [-0.2, -0.15) is 5.10 Å². The van der Waals surface area contributed by atoms with Crippen LogP contribution in [0.4, 0.5) is 5.69 Å². The van der Waals surface area contributed by atoms with Gasteiger partial charge in [-0.1, -0.05) is 36.4 Å². The summed E-state index contributed by atoms with van der Waals surface area (Å²) in [4.78, 5) is 10.2. The number of nitro benzene ring substituents is 1. The summed E-state index contributed by atoms with van der Waals surface area (Å²) in [6.07, 6.45) is 3.49. The van der Waals surface area contributed by atoms with Crippen LogP contribution < -0.4 is 4.72 Å². The first-order valence-electron chi connectivity index (χ1n) is 8.16. The van der Waals surface area contributed by atoms with E-state index in [-0.39, 0.29) is 11.4 Å². The lowest BCUT2D eigenvalue weighted by molar-refractivity contribution is -0.387. The largest absolute Gasteiger partial charge is 0.289 e. The fraction of sp³-hybridized carbons (Fsp3) is 0.167. The molecule has 2 aromatic carbocycles. The molecule has 0 aliphatic heterocycles. The molecule has 3 aromatic rings. The van der Waals surface area contributed by atoms with Crippen LogP contribution in [0.3, 0.4) is 0 Å². The highest BCUT2D eigenvalue weighted by Crippen LogP contribution is 2.27. The second-order valence-corrected chi connectivity index (χ2v) is 7.68. The van der Waals surface area contributed by atoms with Gasteiger partial charge in [-0.3, -0.25) is 14.8 Å². The van der Waals surface area contributed by atoms with Crippen molar-refractivity contribution < 1.29 is 13.3 Å². The molecule has 1 N–H and O–H groups in total. The average Bonchev–Trinajstić information content (AvgIpc) is 3.13. The molecule has 0 atom stereocenters. The van der Waals surface area contributed by atoms with Crippen molar-refractivity contribution in [2.24, 2.45) is 0 Å². The first kappa shape index (κ1) is 18.7. The molecule has 8 nitrogen and oxygen atoms in total. The van der Waals surface area contributed by atoms with Crippen LogP contribution in [-0.4, -0.2) is 23.1 Å². The fourth-order valence-corrected chi connectivity index (χ4v) is 4.23. The van der Waals surface area contributed by atoms with Gasteiger partial charge in [0.05, 0.1) is 11.5 Å². The molecule has 9 heteroatoms. The van der Waals surface area contributed by atoms with E-state index in [2.05, 4.69) is 9.82 Å². The van der Waals surface area contributed by atoms with Gasteiger partial charge >= 0.3 is 0 Å². The molecule has 0 aliphatic rings. The molecule has 0 bridgehead atoms. The Hall–Kier alpha value is -3.04. The van der Waals surface area contributed by atoms with Crippen molar-refractivity contribution in [3.05, 3.63) is 87.7 Å². The molecule has 0 unspecified atom stereocenters. The van der Waals surface area contributed by atoms with Gasteiger partial charge < -0.3 is 0 Å². The molecular weight excluding hydrogens is 368 g/mol. The van der Waals surface area contributed by atoms with Crippen molar-refractivity contribution in [2.75, 3.05) is 0 Å². The maximum absolute atomic E-state index is 12.7. The second-order valence-electron chi connectivity index (χ2n) is 5.98. The summed E-state index contributed by atoms with van der Waals surface area (Å²) in [6.45, 7) is 2.05. The monoisotopic (exact) mass is 386 g/mol. The number of aromatic nitrogens is 2. The third-order valence-electron chi connectivity index (χ3n) is 4.12. The minimum atomic E-state index is -4.06. The lowest BCUT2D eigenvalue weighted by Gasteiger charge is -2.12. The Morgan fingerprint density at radius 2 is 1.85 bits per heavy atom. The topological polar surface area (TPSA) is 107 Å². The molecule has 0 aliphatic carbocycles. The predicted octanol–water partition coefficient (Wildman–Crippen LogP) is 2.63. The molecule has 0 fully saturated rings. The Bertz CT molecular complexity index is 1060. The van der Waals surface area contributed by atoms with Crippen molar-refractivity contribution in [3.63, 3.8) is 0 Å². The van der Waals surface area contributed by atoms with Crippen LogP contribution in [0.1, 0.15) is 16.7 Å². The number of rotatable bonds is 7. The van der Waals surface area contributed by atoms with E-state index in [0.717, 1.165) is 11.1 Å². The number of nitro groups is 1. The summed E-state index contributed by atoms with van der Waals surface area (Å²) in [5.74, 6) is 0. The Labute approximate surface area is 156 Å². The number of benzene rings is 2. The standard InChI is InChI=1S/C18H18N4O4S/c1-14-6-4-9-17(22(23)24)18(14)27(25,26)20-12-15-7-2-3-8-16(15)13-21-11-5-10-19-21/h2-11,20H,12-13H2,1H3. The Morgan fingerprint density at radius 3 is 2.52 bits per heavy atom. The number of nitrogens with one attached hydrogen (secondary N) is 1. The number of hydrogen-bond donors (Lipinski definition) is 1. The van der Waals surface area contributed by atoms with Gasteiger partial charge in [0.2, 0.25) is 10.0 Å². The molecular formula is C18H18N4O4S. The zero-order valence-electron chi connectivity index (χ0n) is 14.6. The summed E-state index contributed by atoms with van der Waals surface area (Å²) < 4.78 is 29.7. The molecule has 1 aromatic heterocycles. The maximum atomic E-state index is 12.7. The average molecular weight is 386 g/mol. The Kier molecular flexibility index (Phi) is 5.33. The van der Waals surface area contributed by atoms with E-state index < -0.39 is 20.6 Å². The molecule has 0 saturated heterocycles. The molecule has 0 saturated carbocycles. The molecule has 0 radical (unpaired) electrons. The van der Waals surface area contributed by atoms with Gasteiger partial charge in [0, 0.05) is 25.0 Å². The zero-order valence-corrected chi connectivity index (χ0v) is 15.4. The number of aryl methyl sites for hydroxylation is 1. The Morgan fingerprint density at radius 1 is 1.11 bits per heavy atom. The van der Waals surface area contributed by atoms with Crippen LogP contribution in [0.15, 0.2) is 65.8 Å². The minimum absolute atomic E-state index is 0.0191. The summed E-state index contributed by atoms with van der Waals surface area (Å²) >= 11 is 0. The van der Waals surface area contributed by atoms with E-state index in [1.807, 2.05) is 36.5 Å².